The van der Waals surface area contributed by atoms with Crippen molar-refractivity contribution in [3.8, 4) is 0 Å². The van der Waals surface area contributed by atoms with E-state index in [2.05, 4.69) is 37.8 Å². The molecule has 0 aromatic heterocycles. The molecule has 1 atom stereocenters. The Hall–Kier alpha value is -1.04. The Labute approximate surface area is 103 Å². The quantitative estimate of drug-likeness (QED) is 0.421. The largest absolute Gasteiger partial charge is 0.748 e. The molecule has 1 unspecified atom stereocenters. The van der Waals surface area contributed by atoms with Crippen LogP contribution in [0.2, 0.25) is 0 Å². The van der Waals surface area contributed by atoms with Crippen molar-refractivity contribution >= 4 is 0 Å². The Bertz CT molecular complexity index is 299. The van der Waals surface area contributed by atoms with Crippen LogP contribution in [0.4, 0.5) is 0 Å². The molecule has 1 heteroatoms. The molecule has 0 aliphatic carbocycles. The Kier molecular flexibility index (Phi) is 7.71. The number of rotatable bonds is 2. The average molecular weight is 240 g/mol. The fraction of sp³-hybridized carbons (Fsp3) is 0.143. The molecule has 0 nitrogen and oxygen atoms in total. The fourth-order valence-electron chi connectivity index (χ4n) is 1.15. The second kappa shape index (κ2) is 8.28. The van der Waals surface area contributed by atoms with Crippen LogP contribution in [0.25, 0.3) is 0 Å². The van der Waals surface area contributed by atoms with Crippen molar-refractivity contribution in [1.29, 1.82) is 0 Å². The maximum absolute atomic E-state index is 3.72. The Morgan fingerprint density at radius 3 is 1.80 bits per heavy atom. The molecule has 86 valence electrons. The standard InChI is InChI=1S/C9H11.C5H5.Fe/c1-3-8(2)9-6-4-5-7-9;1-2-4-5-3-1;/h3-8H,1H2,2H3;1-5H;/q-1;-5;. The van der Waals surface area contributed by atoms with Crippen LogP contribution in [0.1, 0.15) is 18.4 Å². The van der Waals surface area contributed by atoms with Crippen LogP contribution in [-0.2, 0) is 17.1 Å². The van der Waals surface area contributed by atoms with E-state index < -0.39 is 0 Å². The molecular weight excluding hydrogens is 224 g/mol. The summed E-state index contributed by atoms with van der Waals surface area (Å²) in [6, 6.07) is 18.3. The van der Waals surface area contributed by atoms with Crippen molar-refractivity contribution in [3.05, 3.63) is 72.8 Å². The molecule has 15 heavy (non-hydrogen) atoms. The van der Waals surface area contributed by atoms with Gasteiger partial charge in [-0.25, -0.2) is 12.1 Å². The van der Waals surface area contributed by atoms with Crippen molar-refractivity contribution in [2.75, 3.05) is 0 Å². The molecule has 2 aromatic rings. The Balaban J connectivity index is 0.000000280. The van der Waals surface area contributed by atoms with E-state index >= 15 is 0 Å². The summed E-state index contributed by atoms with van der Waals surface area (Å²) in [5.74, 6) is 0.500. The van der Waals surface area contributed by atoms with E-state index in [0.29, 0.717) is 5.92 Å². The summed E-state index contributed by atoms with van der Waals surface area (Å²) in [5.41, 5.74) is 1.35. The SMILES string of the molecule is C=CC(C)[c-]1cccc1.[Fe].[cH-]1[cH-][cH-][cH-][cH-]1. The van der Waals surface area contributed by atoms with Gasteiger partial charge in [-0.3, -0.25) is 0 Å². The summed E-state index contributed by atoms with van der Waals surface area (Å²) >= 11 is 0. The molecule has 0 bridgehead atoms. The van der Waals surface area contributed by atoms with Crippen LogP contribution in [-0.4, -0.2) is 0 Å². The van der Waals surface area contributed by atoms with E-state index in [1.807, 2.05) is 36.4 Å². The second-order valence-electron chi connectivity index (χ2n) is 3.20. The van der Waals surface area contributed by atoms with E-state index in [4.69, 9.17) is 0 Å². The van der Waals surface area contributed by atoms with Crippen molar-refractivity contribution in [2.45, 2.75) is 12.8 Å². The minimum Gasteiger partial charge on any atom is -0.748 e. The van der Waals surface area contributed by atoms with Gasteiger partial charge in [-0.05, 0) is 5.92 Å². The summed E-state index contributed by atoms with van der Waals surface area (Å²) in [6.07, 6.45) is 1.95. The fourth-order valence-corrected chi connectivity index (χ4v) is 1.15. The molecule has 0 aliphatic rings. The smallest absolute Gasteiger partial charge is 0 e. The molecule has 0 amide bonds. The summed E-state index contributed by atoms with van der Waals surface area (Å²) in [4.78, 5) is 0. The molecule has 0 fully saturated rings. The zero-order valence-corrected chi connectivity index (χ0v) is 10.0. The van der Waals surface area contributed by atoms with Gasteiger partial charge in [0.2, 0.25) is 0 Å². The van der Waals surface area contributed by atoms with Gasteiger partial charge in [-0.2, -0.15) is 17.7 Å². The Morgan fingerprint density at radius 2 is 1.47 bits per heavy atom. The van der Waals surface area contributed by atoms with Crippen LogP contribution in [0.5, 0.6) is 0 Å². The van der Waals surface area contributed by atoms with Crippen LogP contribution < -0.4 is 0 Å². The summed E-state index contributed by atoms with van der Waals surface area (Å²) in [7, 11) is 0. The average Bonchev–Trinajstić information content (AvgIpc) is 2.91. The predicted molar refractivity (Wildman–Crippen MR) is 62.7 cm³/mol. The molecule has 2 aromatic carbocycles. The van der Waals surface area contributed by atoms with Crippen molar-refractivity contribution in [2.24, 2.45) is 0 Å². The molecule has 0 aliphatic heterocycles. The van der Waals surface area contributed by atoms with Gasteiger partial charge in [0, 0.05) is 17.1 Å². The summed E-state index contributed by atoms with van der Waals surface area (Å²) < 4.78 is 0. The molecule has 0 spiro atoms. The van der Waals surface area contributed by atoms with Crippen molar-refractivity contribution in [1.82, 2.24) is 0 Å². The van der Waals surface area contributed by atoms with Crippen molar-refractivity contribution < 1.29 is 17.1 Å². The van der Waals surface area contributed by atoms with Gasteiger partial charge in [0.15, 0.2) is 0 Å². The topological polar surface area (TPSA) is 0 Å². The van der Waals surface area contributed by atoms with Crippen LogP contribution in [0.3, 0.4) is 0 Å². The maximum Gasteiger partial charge on any atom is 0 e. The third kappa shape index (κ3) is 5.41. The van der Waals surface area contributed by atoms with Gasteiger partial charge >= 0.3 is 0 Å². The zero-order chi connectivity index (χ0) is 10.2. The molecule has 0 N–H and O–H groups in total. The van der Waals surface area contributed by atoms with Crippen LogP contribution in [0, 0.1) is 0 Å². The van der Waals surface area contributed by atoms with E-state index in [0.717, 1.165) is 0 Å². The summed E-state index contributed by atoms with van der Waals surface area (Å²) in [6.45, 7) is 5.86. The van der Waals surface area contributed by atoms with Crippen LogP contribution in [0.15, 0.2) is 67.3 Å². The minimum atomic E-state index is 0. The first kappa shape index (κ1) is 14.0. The van der Waals surface area contributed by atoms with Crippen LogP contribution >= 0.6 is 0 Å². The molecular formula is C14H16Fe-6. The first-order chi connectivity index (χ1) is 6.84. The van der Waals surface area contributed by atoms with Gasteiger partial charge in [0.1, 0.15) is 0 Å². The second-order valence-corrected chi connectivity index (χ2v) is 3.20. The zero-order valence-electron chi connectivity index (χ0n) is 8.91. The third-order valence-corrected chi connectivity index (χ3v) is 2.12. The van der Waals surface area contributed by atoms with Gasteiger partial charge in [0.25, 0.3) is 0 Å². The molecule has 0 heterocycles. The maximum atomic E-state index is 3.72. The summed E-state index contributed by atoms with van der Waals surface area (Å²) in [5, 5.41) is 0. The third-order valence-electron chi connectivity index (χ3n) is 2.12. The van der Waals surface area contributed by atoms with E-state index in [1.54, 1.807) is 0 Å². The molecule has 0 radical (unpaired) electrons. The monoisotopic (exact) mass is 240 g/mol. The number of allylic oxidation sites excluding steroid dienone is 1. The molecule has 0 saturated carbocycles. The van der Waals surface area contributed by atoms with E-state index in [1.165, 1.54) is 5.56 Å². The number of hydrogen-bond donors (Lipinski definition) is 0. The molecule has 0 saturated heterocycles. The van der Waals surface area contributed by atoms with E-state index in [-0.39, 0.29) is 17.1 Å². The minimum absolute atomic E-state index is 0. The van der Waals surface area contributed by atoms with Crippen molar-refractivity contribution in [3.63, 3.8) is 0 Å². The Morgan fingerprint density at radius 1 is 1.07 bits per heavy atom. The first-order valence-corrected chi connectivity index (χ1v) is 4.85. The predicted octanol–water partition coefficient (Wildman–Crippen LogP) is 4.10. The van der Waals surface area contributed by atoms with Gasteiger partial charge in [-0.15, -0.1) is 6.58 Å². The number of hydrogen-bond acceptors (Lipinski definition) is 0. The normalized spacial score (nSPS) is 10.5. The first-order valence-electron chi connectivity index (χ1n) is 4.85. The van der Waals surface area contributed by atoms with Gasteiger partial charge < -0.3 is 30.3 Å². The van der Waals surface area contributed by atoms with Gasteiger partial charge in [-0.1, -0.05) is 13.0 Å². The van der Waals surface area contributed by atoms with Gasteiger partial charge in [0.05, 0.1) is 0 Å². The van der Waals surface area contributed by atoms with E-state index in [9.17, 15) is 0 Å². The molecule has 2 rings (SSSR count).